The molecule has 3 atom stereocenters. The zero-order valence-electron chi connectivity index (χ0n) is 12.4. The van der Waals surface area contributed by atoms with Gasteiger partial charge in [0.05, 0.1) is 0 Å². The molecule has 0 aromatic rings. The third-order valence-corrected chi connectivity index (χ3v) is 4.96. The number of nitrogens with two attached hydrogens (primary N) is 1. The molecule has 0 aromatic carbocycles. The van der Waals surface area contributed by atoms with Gasteiger partial charge in [0, 0.05) is 25.6 Å². The second-order valence-corrected chi connectivity index (χ2v) is 6.75. The molecule has 1 saturated heterocycles. The van der Waals surface area contributed by atoms with Crippen molar-refractivity contribution in [3.8, 4) is 0 Å². The van der Waals surface area contributed by atoms with Gasteiger partial charge in [0.2, 0.25) is 5.91 Å². The summed E-state index contributed by atoms with van der Waals surface area (Å²) in [6.45, 7) is 4.26. The highest BCUT2D eigenvalue weighted by Crippen LogP contribution is 2.27. The van der Waals surface area contributed by atoms with Crippen LogP contribution in [0.3, 0.4) is 0 Å². The summed E-state index contributed by atoms with van der Waals surface area (Å²) in [7, 11) is 0. The van der Waals surface area contributed by atoms with Crippen molar-refractivity contribution in [2.45, 2.75) is 70.8 Å². The zero-order valence-corrected chi connectivity index (χ0v) is 12.4. The first-order chi connectivity index (χ1) is 9.15. The Bertz CT molecular complexity index is 292. The van der Waals surface area contributed by atoms with Crippen LogP contribution in [0.4, 0.5) is 0 Å². The van der Waals surface area contributed by atoms with E-state index in [9.17, 15) is 4.79 Å². The van der Waals surface area contributed by atoms with Crippen LogP contribution in [0.15, 0.2) is 0 Å². The van der Waals surface area contributed by atoms with Crippen LogP contribution in [0.2, 0.25) is 0 Å². The monoisotopic (exact) mass is 266 g/mol. The van der Waals surface area contributed by atoms with Crippen molar-refractivity contribution in [2.24, 2.45) is 17.6 Å². The Morgan fingerprint density at radius 2 is 2.00 bits per heavy atom. The minimum absolute atomic E-state index is 0.382. The fourth-order valence-corrected chi connectivity index (χ4v) is 3.59. The Morgan fingerprint density at radius 3 is 2.79 bits per heavy atom. The maximum Gasteiger partial charge on any atom is 0.222 e. The molecule has 1 aliphatic heterocycles. The fraction of sp³-hybridized carbons (Fsp3) is 0.938. The molecule has 0 spiro atoms. The van der Waals surface area contributed by atoms with Crippen molar-refractivity contribution < 1.29 is 4.79 Å². The largest absolute Gasteiger partial charge is 0.343 e. The van der Waals surface area contributed by atoms with Crippen LogP contribution in [-0.2, 0) is 4.79 Å². The van der Waals surface area contributed by atoms with Crippen LogP contribution >= 0.6 is 0 Å². The summed E-state index contributed by atoms with van der Waals surface area (Å²) in [5.74, 6) is 1.86. The van der Waals surface area contributed by atoms with Crippen LogP contribution in [0.1, 0.15) is 64.7 Å². The summed E-state index contributed by atoms with van der Waals surface area (Å²) in [6.07, 6.45) is 10.3. The predicted molar refractivity (Wildman–Crippen MR) is 78.8 cm³/mol. The summed E-state index contributed by atoms with van der Waals surface area (Å²) < 4.78 is 0. The molecule has 2 N–H and O–H groups in total. The van der Waals surface area contributed by atoms with Crippen LogP contribution in [0.5, 0.6) is 0 Å². The quantitative estimate of drug-likeness (QED) is 0.853. The Morgan fingerprint density at radius 1 is 1.16 bits per heavy atom. The van der Waals surface area contributed by atoms with E-state index in [-0.39, 0.29) is 0 Å². The number of amides is 1. The molecule has 1 aliphatic carbocycles. The van der Waals surface area contributed by atoms with E-state index in [2.05, 4.69) is 11.8 Å². The first-order valence-corrected chi connectivity index (χ1v) is 8.18. The van der Waals surface area contributed by atoms with Crippen molar-refractivity contribution in [1.29, 1.82) is 0 Å². The van der Waals surface area contributed by atoms with Gasteiger partial charge in [0.15, 0.2) is 0 Å². The predicted octanol–water partition coefficient (Wildman–Crippen LogP) is 2.93. The fourth-order valence-electron chi connectivity index (χ4n) is 3.59. The summed E-state index contributed by atoms with van der Waals surface area (Å²) in [5, 5.41) is 0. The van der Waals surface area contributed by atoms with E-state index >= 15 is 0 Å². The van der Waals surface area contributed by atoms with Crippen molar-refractivity contribution in [2.75, 3.05) is 13.1 Å². The van der Waals surface area contributed by atoms with Gasteiger partial charge >= 0.3 is 0 Å². The molecule has 3 nitrogen and oxygen atoms in total. The van der Waals surface area contributed by atoms with Crippen molar-refractivity contribution in [3.63, 3.8) is 0 Å². The summed E-state index contributed by atoms with van der Waals surface area (Å²) in [6, 6.07) is 0.382. The number of carbonyl (C=O) groups excluding carboxylic acids is 1. The SMILES string of the molecule is CC1CCCN(C(=O)CCC2CCCC(N)C2)CC1. The lowest BCUT2D eigenvalue weighted by atomic mass is 9.83. The molecule has 3 unspecified atom stereocenters. The first-order valence-electron chi connectivity index (χ1n) is 8.18. The van der Waals surface area contributed by atoms with Crippen molar-refractivity contribution in [1.82, 2.24) is 4.90 Å². The lowest BCUT2D eigenvalue weighted by Gasteiger charge is -2.27. The lowest BCUT2D eigenvalue weighted by Crippen LogP contribution is -2.33. The number of rotatable bonds is 3. The van der Waals surface area contributed by atoms with Crippen molar-refractivity contribution >= 4 is 5.91 Å². The van der Waals surface area contributed by atoms with E-state index in [4.69, 9.17) is 5.73 Å². The molecule has 110 valence electrons. The highest BCUT2D eigenvalue weighted by molar-refractivity contribution is 5.76. The maximum atomic E-state index is 12.3. The van der Waals surface area contributed by atoms with E-state index in [0.29, 0.717) is 17.9 Å². The van der Waals surface area contributed by atoms with Crippen LogP contribution < -0.4 is 5.73 Å². The highest BCUT2D eigenvalue weighted by atomic mass is 16.2. The van der Waals surface area contributed by atoms with E-state index < -0.39 is 0 Å². The van der Waals surface area contributed by atoms with Gasteiger partial charge in [0.1, 0.15) is 0 Å². The minimum atomic E-state index is 0.382. The molecule has 3 heteroatoms. The van der Waals surface area contributed by atoms with E-state index in [1.165, 1.54) is 38.5 Å². The van der Waals surface area contributed by atoms with Gasteiger partial charge < -0.3 is 10.6 Å². The molecule has 0 radical (unpaired) electrons. The van der Waals surface area contributed by atoms with E-state index in [1.54, 1.807) is 0 Å². The van der Waals surface area contributed by atoms with Gasteiger partial charge in [-0.3, -0.25) is 4.79 Å². The van der Waals surface area contributed by atoms with E-state index in [0.717, 1.165) is 38.3 Å². The molecule has 0 aromatic heterocycles. The second-order valence-electron chi connectivity index (χ2n) is 6.75. The summed E-state index contributed by atoms with van der Waals surface area (Å²) >= 11 is 0. The maximum absolute atomic E-state index is 12.3. The van der Waals surface area contributed by atoms with Crippen LogP contribution in [-0.4, -0.2) is 29.9 Å². The average Bonchev–Trinajstić information content (AvgIpc) is 2.61. The molecule has 2 fully saturated rings. The molecular weight excluding hydrogens is 236 g/mol. The molecule has 0 bridgehead atoms. The molecule has 1 saturated carbocycles. The Labute approximate surface area is 117 Å². The standard InChI is InChI=1S/C16H30N2O/c1-13-4-3-10-18(11-9-13)16(19)8-7-14-5-2-6-15(17)12-14/h13-15H,2-12,17H2,1H3. The normalized spacial score (nSPS) is 32.9. The molecule has 1 amide bonds. The number of carbonyl (C=O) groups is 1. The Kier molecular flexibility index (Phi) is 5.68. The number of likely N-dealkylation sites (tertiary alicyclic amines) is 1. The van der Waals surface area contributed by atoms with E-state index in [1.807, 2.05) is 0 Å². The van der Waals surface area contributed by atoms with Gasteiger partial charge in [0.25, 0.3) is 0 Å². The van der Waals surface area contributed by atoms with Crippen LogP contribution in [0, 0.1) is 11.8 Å². The molecule has 19 heavy (non-hydrogen) atoms. The summed E-state index contributed by atoms with van der Waals surface area (Å²) in [4.78, 5) is 14.4. The second kappa shape index (κ2) is 7.28. The van der Waals surface area contributed by atoms with Gasteiger partial charge in [-0.2, -0.15) is 0 Å². The number of nitrogens with zero attached hydrogens (tertiary/aromatic N) is 1. The van der Waals surface area contributed by atoms with Gasteiger partial charge in [-0.05, 0) is 50.4 Å². The third-order valence-electron chi connectivity index (χ3n) is 4.96. The molecular formula is C16H30N2O. The highest BCUT2D eigenvalue weighted by Gasteiger charge is 2.22. The van der Waals surface area contributed by atoms with Crippen LogP contribution in [0.25, 0.3) is 0 Å². The van der Waals surface area contributed by atoms with Gasteiger partial charge in [-0.1, -0.05) is 19.8 Å². The average molecular weight is 266 g/mol. The smallest absolute Gasteiger partial charge is 0.222 e. The third kappa shape index (κ3) is 4.79. The van der Waals surface area contributed by atoms with Gasteiger partial charge in [-0.15, -0.1) is 0 Å². The Balaban J connectivity index is 1.71. The first kappa shape index (κ1) is 14.8. The molecule has 2 aliphatic rings. The zero-order chi connectivity index (χ0) is 13.7. The van der Waals surface area contributed by atoms with Crippen molar-refractivity contribution in [3.05, 3.63) is 0 Å². The summed E-state index contributed by atoms with van der Waals surface area (Å²) in [5.41, 5.74) is 6.01. The lowest BCUT2D eigenvalue weighted by molar-refractivity contribution is -0.131. The number of hydrogen-bond acceptors (Lipinski definition) is 2. The molecule has 1 heterocycles. The number of hydrogen-bond donors (Lipinski definition) is 1. The molecule has 2 rings (SSSR count). The topological polar surface area (TPSA) is 46.3 Å². The van der Waals surface area contributed by atoms with Gasteiger partial charge in [-0.25, -0.2) is 0 Å². The minimum Gasteiger partial charge on any atom is -0.343 e. The Hall–Kier alpha value is -0.570.